The van der Waals surface area contributed by atoms with Gasteiger partial charge in [0.05, 0.1) is 28.4 Å². The van der Waals surface area contributed by atoms with Crippen molar-refractivity contribution in [2.75, 3.05) is 23.3 Å². The first kappa shape index (κ1) is 23.0. The smallest absolute Gasteiger partial charge is 0.257 e. The third-order valence-electron chi connectivity index (χ3n) is 5.49. The highest BCUT2D eigenvalue weighted by Crippen LogP contribution is 2.42. The van der Waals surface area contributed by atoms with Crippen molar-refractivity contribution < 1.29 is 22.0 Å². The van der Waals surface area contributed by atoms with Gasteiger partial charge < -0.3 is 9.80 Å². The van der Waals surface area contributed by atoms with Crippen molar-refractivity contribution in [2.45, 2.75) is 45.3 Å². The number of aryl methyl sites for hydroxylation is 1. The second-order valence-corrected chi connectivity index (χ2v) is 10.8. The molecule has 0 saturated heterocycles. The second-order valence-electron chi connectivity index (χ2n) is 8.47. The van der Waals surface area contributed by atoms with E-state index in [0.717, 1.165) is 12.1 Å². The molecule has 0 saturated carbocycles. The number of halogens is 2. The van der Waals surface area contributed by atoms with E-state index in [1.54, 1.807) is 32.9 Å². The van der Waals surface area contributed by atoms with E-state index < -0.39 is 26.4 Å². The molecule has 0 atom stereocenters. The summed E-state index contributed by atoms with van der Waals surface area (Å²) in [5, 5.41) is 0. The molecule has 3 rings (SSSR count). The van der Waals surface area contributed by atoms with Gasteiger partial charge in [-0.1, -0.05) is 19.4 Å². The monoisotopic (exact) mass is 451 g/mol. The molecule has 0 spiro atoms. The Bertz CT molecular complexity index is 1110. The van der Waals surface area contributed by atoms with E-state index in [1.807, 2.05) is 6.92 Å². The maximum atomic E-state index is 14.7. The minimum Gasteiger partial charge on any atom is -0.324 e. The molecule has 0 unspecified atom stereocenters. The lowest BCUT2D eigenvalue weighted by molar-refractivity contribution is 0.0787. The van der Waals surface area contributed by atoms with Gasteiger partial charge in [0.1, 0.15) is 17.3 Å². The summed E-state index contributed by atoms with van der Waals surface area (Å²) in [5.74, 6) is -1.98. The predicted molar refractivity (Wildman–Crippen MR) is 118 cm³/mol. The fraction of sp³-hybridized carbons (Fsp3) is 0.409. The molecule has 1 aliphatic rings. The van der Waals surface area contributed by atoms with Crippen molar-refractivity contribution in [3.63, 3.8) is 0 Å². The molecule has 0 radical (unpaired) electrons. The first-order chi connectivity index (χ1) is 14.4. The van der Waals surface area contributed by atoms with Crippen LogP contribution in [0.4, 0.5) is 25.8 Å². The van der Waals surface area contributed by atoms with Gasteiger partial charge in [-0.3, -0.25) is 9.52 Å². The number of benzene rings is 2. The summed E-state index contributed by atoms with van der Waals surface area (Å²) in [7, 11) is -2.35. The third-order valence-corrected chi connectivity index (χ3v) is 7.63. The van der Waals surface area contributed by atoms with Crippen molar-refractivity contribution in [3.8, 4) is 0 Å². The molecular formula is C22H27F2N3O3S. The zero-order valence-corrected chi connectivity index (χ0v) is 19.1. The fourth-order valence-corrected chi connectivity index (χ4v) is 5.01. The number of sulfonamides is 1. The highest BCUT2D eigenvalue weighted by Gasteiger charge is 2.37. The van der Waals surface area contributed by atoms with Gasteiger partial charge in [-0.25, -0.2) is 17.2 Å². The van der Waals surface area contributed by atoms with Gasteiger partial charge in [-0.2, -0.15) is 0 Å². The normalized spacial score (nSPS) is 14.6. The van der Waals surface area contributed by atoms with E-state index in [1.165, 1.54) is 22.9 Å². The average Bonchev–Trinajstić information content (AvgIpc) is 2.64. The molecule has 6 nitrogen and oxygen atoms in total. The van der Waals surface area contributed by atoms with Crippen molar-refractivity contribution in [2.24, 2.45) is 0 Å². The summed E-state index contributed by atoms with van der Waals surface area (Å²) in [5.41, 5.74) is 0.710. The number of amides is 1. The SMILES string of the molecule is CCCC(C)(C)S(=O)(=O)Nc1cc(C)cc2c1N(c1c(F)cccc1F)CN(C)C2=O. The molecular weight excluding hydrogens is 424 g/mol. The summed E-state index contributed by atoms with van der Waals surface area (Å²) in [6.07, 6.45) is 1.08. The molecule has 2 aromatic rings. The van der Waals surface area contributed by atoms with Crippen molar-refractivity contribution in [3.05, 3.63) is 53.1 Å². The van der Waals surface area contributed by atoms with Crippen LogP contribution in [0.25, 0.3) is 0 Å². The number of rotatable bonds is 6. The van der Waals surface area contributed by atoms with E-state index in [0.29, 0.717) is 18.4 Å². The van der Waals surface area contributed by atoms with Crippen LogP contribution in [0.3, 0.4) is 0 Å². The highest BCUT2D eigenvalue weighted by atomic mass is 32.2. The number of fused-ring (bicyclic) bond motifs is 1. The Hall–Kier alpha value is -2.68. The van der Waals surface area contributed by atoms with Gasteiger partial charge in [0, 0.05) is 7.05 Å². The van der Waals surface area contributed by atoms with Gasteiger partial charge in [0.2, 0.25) is 10.0 Å². The molecule has 1 N–H and O–H groups in total. The average molecular weight is 452 g/mol. The van der Waals surface area contributed by atoms with Crippen molar-refractivity contribution in [1.82, 2.24) is 4.90 Å². The Labute approximate surface area is 181 Å². The van der Waals surface area contributed by atoms with E-state index in [2.05, 4.69) is 4.72 Å². The number of hydrogen-bond donors (Lipinski definition) is 1. The molecule has 31 heavy (non-hydrogen) atoms. The maximum absolute atomic E-state index is 14.7. The largest absolute Gasteiger partial charge is 0.324 e. The zero-order valence-electron chi connectivity index (χ0n) is 18.3. The zero-order chi connectivity index (χ0) is 23.1. The van der Waals surface area contributed by atoms with Gasteiger partial charge in [0.25, 0.3) is 5.91 Å². The van der Waals surface area contributed by atoms with Crippen LogP contribution < -0.4 is 9.62 Å². The van der Waals surface area contributed by atoms with Crippen LogP contribution in [-0.4, -0.2) is 37.7 Å². The molecule has 1 heterocycles. The van der Waals surface area contributed by atoms with Crippen LogP contribution in [-0.2, 0) is 10.0 Å². The molecule has 0 bridgehead atoms. The number of hydrogen-bond acceptors (Lipinski definition) is 4. The van der Waals surface area contributed by atoms with Gasteiger partial charge >= 0.3 is 0 Å². The van der Waals surface area contributed by atoms with E-state index in [4.69, 9.17) is 0 Å². The Morgan fingerprint density at radius 2 is 1.74 bits per heavy atom. The van der Waals surface area contributed by atoms with Crippen molar-refractivity contribution in [1.29, 1.82) is 0 Å². The minimum atomic E-state index is -3.87. The molecule has 0 aliphatic carbocycles. The molecule has 0 aromatic heterocycles. The Morgan fingerprint density at radius 1 is 1.13 bits per heavy atom. The van der Waals surface area contributed by atoms with Crippen LogP contribution in [0.1, 0.15) is 49.5 Å². The third kappa shape index (κ3) is 4.11. The summed E-state index contributed by atoms with van der Waals surface area (Å²) in [6, 6.07) is 6.66. The topological polar surface area (TPSA) is 69.7 Å². The minimum absolute atomic E-state index is 0.114. The Morgan fingerprint density at radius 3 is 2.32 bits per heavy atom. The molecule has 168 valence electrons. The number of anilines is 3. The summed E-state index contributed by atoms with van der Waals surface area (Å²) < 4.78 is 57.2. The first-order valence-corrected chi connectivity index (χ1v) is 11.5. The summed E-state index contributed by atoms with van der Waals surface area (Å²) in [6.45, 7) is 6.72. The second kappa shape index (κ2) is 8.11. The highest BCUT2D eigenvalue weighted by molar-refractivity contribution is 7.94. The number of nitrogens with one attached hydrogen (secondary N) is 1. The summed E-state index contributed by atoms with van der Waals surface area (Å²) in [4.78, 5) is 15.5. The molecule has 1 aliphatic heterocycles. The van der Waals surface area contributed by atoms with Crippen LogP contribution in [0.2, 0.25) is 0 Å². The Kier molecular flexibility index (Phi) is 6.01. The Balaban J connectivity index is 2.25. The number of nitrogens with zero attached hydrogens (tertiary/aromatic N) is 2. The molecule has 2 aromatic carbocycles. The lowest BCUT2D eigenvalue weighted by atomic mass is 10.0. The number of carbonyl (C=O) groups is 1. The first-order valence-electron chi connectivity index (χ1n) is 10.0. The molecule has 0 fully saturated rings. The fourth-order valence-electron chi connectivity index (χ4n) is 3.81. The standard InChI is InChI=1S/C22H27F2N3O3S/c1-6-10-22(3,4)31(29,30)25-18-12-14(2)11-15-19(18)27(13-26(5)21(15)28)20-16(23)8-7-9-17(20)24/h7-9,11-12,25H,6,10,13H2,1-5H3. The van der Waals surface area contributed by atoms with E-state index >= 15 is 0 Å². The molecule has 1 amide bonds. The lowest BCUT2D eigenvalue weighted by Gasteiger charge is -2.38. The van der Waals surface area contributed by atoms with Crippen LogP contribution in [0.5, 0.6) is 0 Å². The maximum Gasteiger partial charge on any atom is 0.257 e. The van der Waals surface area contributed by atoms with E-state index in [9.17, 15) is 22.0 Å². The summed E-state index contributed by atoms with van der Waals surface area (Å²) >= 11 is 0. The quantitative estimate of drug-likeness (QED) is 0.687. The lowest BCUT2D eigenvalue weighted by Crippen LogP contribution is -2.44. The number of para-hydroxylation sites is 1. The predicted octanol–water partition coefficient (Wildman–Crippen LogP) is 4.77. The van der Waals surface area contributed by atoms with Gasteiger partial charge in [-0.15, -0.1) is 0 Å². The molecule has 9 heteroatoms. The van der Waals surface area contributed by atoms with Crippen LogP contribution in [0, 0.1) is 18.6 Å². The van der Waals surface area contributed by atoms with Crippen molar-refractivity contribution >= 4 is 33.0 Å². The van der Waals surface area contributed by atoms with Crippen LogP contribution >= 0.6 is 0 Å². The number of carbonyl (C=O) groups excluding carboxylic acids is 1. The van der Waals surface area contributed by atoms with Crippen LogP contribution in [0.15, 0.2) is 30.3 Å². The van der Waals surface area contributed by atoms with Gasteiger partial charge in [0.15, 0.2) is 0 Å². The van der Waals surface area contributed by atoms with E-state index in [-0.39, 0.29) is 35.2 Å². The van der Waals surface area contributed by atoms with Gasteiger partial charge in [-0.05, 0) is 57.0 Å².